The first-order valence-electron chi connectivity index (χ1n) is 6.17. The molecule has 6 heteroatoms. The van der Waals surface area contributed by atoms with Gasteiger partial charge in [-0.2, -0.15) is 10.1 Å². The number of rotatable bonds is 3. The molecule has 1 aliphatic carbocycles. The Balaban J connectivity index is 1.56. The summed E-state index contributed by atoms with van der Waals surface area (Å²) in [6.07, 6.45) is 5.04. The van der Waals surface area contributed by atoms with Gasteiger partial charge in [0.2, 0.25) is 11.7 Å². The number of hydrogen-bond donors (Lipinski definition) is 0. The quantitative estimate of drug-likeness (QED) is 0.735. The summed E-state index contributed by atoms with van der Waals surface area (Å²) in [5.74, 6) is 2.27. The lowest BCUT2D eigenvalue weighted by molar-refractivity contribution is 0.378. The van der Waals surface area contributed by atoms with Gasteiger partial charge in [0, 0.05) is 19.2 Å². The smallest absolute Gasteiger partial charge is 0.230 e. The Morgan fingerprint density at radius 2 is 2.37 bits per heavy atom. The van der Waals surface area contributed by atoms with Gasteiger partial charge in [0.1, 0.15) is 0 Å². The Kier molecular flexibility index (Phi) is 2.32. The van der Waals surface area contributed by atoms with Crippen LogP contribution in [0.5, 0.6) is 0 Å². The highest BCUT2D eigenvalue weighted by Crippen LogP contribution is 2.54. The second-order valence-electron chi connectivity index (χ2n) is 4.83. The van der Waals surface area contributed by atoms with E-state index in [1.54, 1.807) is 11.3 Å². The topological polar surface area (TPSA) is 56.7 Å². The standard InChI is InChI=1S/C13H12N4OS/c1-17-7-8(6-14-17)9-5-10(9)13-15-12(16-18-13)11-3-2-4-19-11/h2-4,6-7,9-10H,5H2,1H3/t9-,10-/m0/s1. The molecule has 0 saturated heterocycles. The first-order valence-corrected chi connectivity index (χ1v) is 7.05. The van der Waals surface area contributed by atoms with Crippen molar-refractivity contribution in [2.24, 2.45) is 7.05 Å². The third-order valence-corrected chi connectivity index (χ3v) is 4.31. The molecule has 0 radical (unpaired) electrons. The molecule has 0 aliphatic heterocycles. The van der Waals surface area contributed by atoms with E-state index < -0.39 is 0 Å². The molecule has 1 aliphatic rings. The molecule has 1 saturated carbocycles. The van der Waals surface area contributed by atoms with Gasteiger partial charge in [-0.05, 0) is 29.3 Å². The Morgan fingerprint density at radius 3 is 3.11 bits per heavy atom. The average Bonchev–Trinajstić information content (AvgIpc) is 2.86. The van der Waals surface area contributed by atoms with Crippen LogP contribution in [0.4, 0.5) is 0 Å². The van der Waals surface area contributed by atoms with Gasteiger partial charge < -0.3 is 4.52 Å². The SMILES string of the molecule is Cn1cc([C@@H]2C[C@@H]2c2nc(-c3cccs3)no2)cn1. The molecule has 0 spiro atoms. The zero-order valence-corrected chi connectivity index (χ0v) is 11.2. The lowest BCUT2D eigenvalue weighted by atomic mass is 10.2. The van der Waals surface area contributed by atoms with E-state index >= 15 is 0 Å². The predicted molar refractivity (Wildman–Crippen MR) is 70.9 cm³/mol. The van der Waals surface area contributed by atoms with Crippen LogP contribution >= 0.6 is 11.3 Å². The van der Waals surface area contributed by atoms with Crippen LogP contribution in [0.2, 0.25) is 0 Å². The molecular formula is C13H12N4OS. The van der Waals surface area contributed by atoms with Crippen molar-refractivity contribution in [3.05, 3.63) is 41.4 Å². The Labute approximate surface area is 113 Å². The minimum absolute atomic E-state index is 0.352. The normalized spacial score (nSPS) is 21.7. The van der Waals surface area contributed by atoms with Crippen LogP contribution in [0.1, 0.15) is 29.7 Å². The van der Waals surface area contributed by atoms with Crippen molar-refractivity contribution in [1.29, 1.82) is 0 Å². The third kappa shape index (κ3) is 1.88. The second kappa shape index (κ2) is 4.03. The molecule has 0 amide bonds. The summed E-state index contributed by atoms with van der Waals surface area (Å²) in [6.45, 7) is 0. The molecule has 5 nitrogen and oxygen atoms in total. The summed E-state index contributed by atoms with van der Waals surface area (Å²) < 4.78 is 7.22. The van der Waals surface area contributed by atoms with Gasteiger partial charge in [0.25, 0.3) is 0 Å². The van der Waals surface area contributed by atoms with E-state index in [2.05, 4.69) is 21.4 Å². The number of thiophene rings is 1. The van der Waals surface area contributed by atoms with Gasteiger partial charge in [0.05, 0.1) is 11.1 Å². The van der Waals surface area contributed by atoms with Crippen LogP contribution in [-0.4, -0.2) is 19.9 Å². The van der Waals surface area contributed by atoms with Crippen LogP contribution in [0.3, 0.4) is 0 Å². The molecule has 96 valence electrons. The highest BCUT2D eigenvalue weighted by Gasteiger charge is 2.44. The molecule has 19 heavy (non-hydrogen) atoms. The molecule has 0 unspecified atom stereocenters. The molecule has 3 aromatic heterocycles. The second-order valence-corrected chi connectivity index (χ2v) is 5.78. The third-order valence-electron chi connectivity index (χ3n) is 3.44. The largest absolute Gasteiger partial charge is 0.339 e. The number of nitrogens with zero attached hydrogens (tertiary/aromatic N) is 4. The van der Waals surface area contributed by atoms with Crippen molar-refractivity contribution in [3.8, 4) is 10.7 Å². The fourth-order valence-corrected chi connectivity index (χ4v) is 3.01. The van der Waals surface area contributed by atoms with E-state index in [9.17, 15) is 0 Å². The van der Waals surface area contributed by atoms with E-state index in [0.29, 0.717) is 17.7 Å². The highest BCUT2D eigenvalue weighted by molar-refractivity contribution is 7.13. The summed E-state index contributed by atoms with van der Waals surface area (Å²) in [5.41, 5.74) is 1.25. The zero-order valence-electron chi connectivity index (χ0n) is 10.4. The molecule has 0 bridgehead atoms. The summed E-state index contributed by atoms with van der Waals surface area (Å²) in [7, 11) is 1.93. The lowest BCUT2D eigenvalue weighted by Gasteiger charge is -1.90. The van der Waals surface area contributed by atoms with Crippen LogP contribution in [-0.2, 0) is 7.05 Å². The Morgan fingerprint density at radius 1 is 1.42 bits per heavy atom. The maximum Gasteiger partial charge on any atom is 0.230 e. The van der Waals surface area contributed by atoms with Crippen LogP contribution in [0.15, 0.2) is 34.4 Å². The summed E-state index contributed by atoms with van der Waals surface area (Å²) in [4.78, 5) is 5.55. The van der Waals surface area contributed by atoms with Crippen molar-refractivity contribution in [2.45, 2.75) is 18.3 Å². The minimum atomic E-state index is 0.352. The fourth-order valence-electron chi connectivity index (χ4n) is 2.36. The number of hydrogen-bond acceptors (Lipinski definition) is 5. The minimum Gasteiger partial charge on any atom is -0.339 e. The molecule has 0 N–H and O–H groups in total. The molecule has 3 aromatic rings. The van der Waals surface area contributed by atoms with E-state index in [1.165, 1.54) is 5.56 Å². The average molecular weight is 272 g/mol. The summed E-state index contributed by atoms with van der Waals surface area (Å²) in [6, 6.07) is 4.00. The Bertz CT molecular complexity index is 700. The van der Waals surface area contributed by atoms with Gasteiger partial charge in [0.15, 0.2) is 0 Å². The van der Waals surface area contributed by atoms with Crippen molar-refractivity contribution in [3.63, 3.8) is 0 Å². The fraction of sp³-hybridized carbons (Fsp3) is 0.308. The monoisotopic (exact) mass is 272 g/mol. The predicted octanol–water partition coefficient (Wildman–Crippen LogP) is 2.80. The van der Waals surface area contributed by atoms with Gasteiger partial charge >= 0.3 is 0 Å². The van der Waals surface area contributed by atoms with Crippen LogP contribution < -0.4 is 0 Å². The van der Waals surface area contributed by atoms with Crippen molar-refractivity contribution in [1.82, 2.24) is 19.9 Å². The molecule has 4 rings (SSSR count). The van der Waals surface area contributed by atoms with Crippen LogP contribution in [0, 0.1) is 0 Å². The van der Waals surface area contributed by atoms with Gasteiger partial charge in [-0.3, -0.25) is 4.68 Å². The van der Waals surface area contributed by atoms with E-state index in [-0.39, 0.29) is 0 Å². The first kappa shape index (κ1) is 10.9. The maximum atomic E-state index is 5.39. The summed E-state index contributed by atoms with van der Waals surface area (Å²) in [5, 5.41) is 10.3. The van der Waals surface area contributed by atoms with Gasteiger partial charge in [-0.25, -0.2) is 0 Å². The van der Waals surface area contributed by atoms with Crippen LogP contribution in [0.25, 0.3) is 10.7 Å². The van der Waals surface area contributed by atoms with E-state index in [1.807, 2.05) is 35.4 Å². The van der Waals surface area contributed by atoms with E-state index in [4.69, 9.17) is 4.52 Å². The number of aromatic nitrogens is 4. The van der Waals surface area contributed by atoms with Gasteiger partial charge in [-0.1, -0.05) is 11.2 Å². The van der Waals surface area contributed by atoms with Crippen molar-refractivity contribution in [2.75, 3.05) is 0 Å². The lowest BCUT2D eigenvalue weighted by Crippen LogP contribution is -1.85. The zero-order chi connectivity index (χ0) is 12.8. The number of aryl methyl sites for hydroxylation is 1. The van der Waals surface area contributed by atoms with Crippen molar-refractivity contribution < 1.29 is 4.52 Å². The maximum absolute atomic E-state index is 5.39. The van der Waals surface area contributed by atoms with Gasteiger partial charge in [-0.15, -0.1) is 11.3 Å². The first-order chi connectivity index (χ1) is 9.31. The van der Waals surface area contributed by atoms with Crippen molar-refractivity contribution >= 4 is 11.3 Å². The molecule has 2 atom stereocenters. The molecular weight excluding hydrogens is 260 g/mol. The van der Waals surface area contributed by atoms with E-state index in [0.717, 1.165) is 17.2 Å². The molecule has 1 fully saturated rings. The Hall–Kier alpha value is -1.95. The molecule has 3 heterocycles. The summed E-state index contributed by atoms with van der Waals surface area (Å²) >= 11 is 1.62. The highest BCUT2D eigenvalue weighted by atomic mass is 32.1. The molecule has 0 aromatic carbocycles.